The Bertz CT molecular complexity index is 639. The number of ether oxygens (including phenoxy) is 1. The number of benzene rings is 2. The Morgan fingerprint density at radius 3 is 2.65 bits per heavy atom. The standard InChI is InChI=1S/C14H11NO2/c1-16-12-7-3-5-10-4-2-6-11(13(10)12)14-15-8-9-17-14/h2-9H,1H3. The SMILES string of the molecule is COc1cccc2cccc(-c3ncco3)c12. The Hall–Kier alpha value is -2.29. The molecule has 0 saturated heterocycles. The molecule has 0 aliphatic carbocycles. The van der Waals surface area contributed by atoms with Crippen LogP contribution < -0.4 is 4.74 Å². The molecule has 3 heteroatoms. The zero-order chi connectivity index (χ0) is 11.7. The summed E-state index contributed by atoms with van der Waals surface area (Å²) in [4.78, 5) is 4.19. The summed E-state index contributed by atoms with van der Waals surface area (Å²) >= 11 is 0. The van der Waals surface area contributed by atoms with Crippen LogP contribution in [0.1, 0.15) is 0 Å². The van der Waals surface area contributed by atoms with Crippen LogP contribution in [-0.4, -0.2) is 12.1 Å². The fourth-order valence-corrected chi connectivity index (χ4v) is 2.01. The summed E-state index contributed by atoms with van der Waals surface area (Å²) in [7, 11) is 1.67. The third-order valence-electron chi connectivity index (χ3n) is 2.75. The number of hydrogen-bond donors (Lipinski definition) is 0. The summed E-state index contributed by atoms with van der Waals surface area (Å²) in [6.07, 6.45) is 3.22. The van der Waals surface area contributed by atoms with Gasteiger partial charge in [-0.15, -0.1) is 0 Å². The van der Waals surface area contributed by atoms with Gasteiger partial charge in [-0.2, -0.15) is 0 Å². The minimum atomic E-state index is 0.611. The van der Waals surface area contributed by atoms with E-state index < -0.39 is 0 Å². The van der Waals surface area contributed by atoms with E-state index in [4.69, 9.17) is 9.15 Å². The van der Waals surface area contributed by atoms with E-state index in [-0.39, 0.29) is 0 Å². The van der Waals surface area contributed by atoms with Crippen molar-refractivity contribution in [1.29, 1.82) is 0 Å². The van der Waals surface area contributed by atoms with Gasteiger partial charge in [0.05, 0.1) is 13.3 Å². The van der Waals surface area contributed by atoms with Crippen LogP contribution in [0.3, 0.4) is 0 Å². The summed E-state index contributed by atoms with van der Waals surface area (Å²) in [5, 5.41) is 2.14. The zero-order valence-electron chi connectivity index (χ0n) is 9.38. The Balaban J connectivity index is 2.38. The molecule has 17 heavy (non-hydrogen) atoms. The van der Waals surface area contributed by atoms with Crippen molar-refractivity contribution in [2.45, 2.75) is 0 Å². The van der Waals surface area contributed by atoms with E-state index in [9.17, 15) is 0 Å². The van der Waals surface area contributed by atoms with Crippen LogP contribution in [0.2, 0.25) is 0 Å². The second kappa shape index (κ2) is 3.94. The molecule has 0 unspecified atom stereocenters. The molecule has 3 rings (SSSR count). The molecule has 1 aromatic heterocycles. The van der Waals surface area contributed by atoms with Crippen molar-refractivity contribution in [3.8, 4) is 17.2 Å². The molecule has 0 spiro atoms. The normalized spacial score (nSPS) is 10.6. The van der Waals surface area contributed by atoms with Crippen molar-refractivity contribution in [3.63, 3.8) is 0 Å². The van der Waals surface area contributed by atoms with Crippen molar-refractivity contribution in [2.75, 3.05) is 7.11 Å². The second-order valence-corrected chi connectivity index (χ2v) is 3.70. The van der Waals surface area contributed by atoms with Crippen molar-refractivity contribution in [3.05, 3.63) is 48.9 Å². The molecule has 3 nitrogen and oxygen atoms in total. The molecule has 0 saturated carbocycles. The van der Waals surface area contributed by atoms with Crippen LogP contribution in [0.4, 0.5) is 0 Å². The van der Waals surface area contributed by atoms with E-state index in [0.29, 0.717) is 5.89 Å². The predicted octanol–water partition coefficient (Wildman–Crippen LogP) is 3.50. The van der Waals surface area contributed by atoms with Gasteiger partial charge in [0, 0.05) is 10.9 Å². The number of methoxy groups -OCH3 is 1. The van der Waals surface area contributed by atoms with Crippen LogP contribution >= 0.6 is 0 Å². The van der Waals surface area contributed by atoms with Crippen molar-refractivity contribution in [1.82, 2.24) is 4.98 Å². The minimum Gasteiger partial charge on any atom is -0.496 e. The van der Waals surface area contributed by atoms with Gasteiger partial charge in [0.25, 0.3) is 0 Å². The first-order valence-electron chi connectivity index (χ1n) is 5.36. The highest BCUT2D eigenvalue weighted by molar-refractivity contribution is 5.99. The largest absolute Gasteiger partial charge is 0.496 e. The molecule has 0 atom stereocenters. The highest BCUT2D eigenvalue weighted by Crippen LogP contribution is 2.34. The minimum absolute atomic E-state index is 0.611. The number of fused-ring (bicyclic) bond motifs is 1. The average molecular weight is 225 g/mol. The van der Waals surface area contributed by atoms with Crippen LogP contribution in [0, 0.1) is 0 Å². The molecule has 3 aromatic rings. The maximum absolute atomic E-state index is 5.40. The topological polar surface area (TPSA) is 35.3 Å². The number of rotatable bonds is 2. The molecule has 84 valence electrons. The fraction of sp³-hybridized carbons (Fsp3) is 0.0714. The first kappa shape index (κ1) is 9.90. The molecular formula is C14H11NO2. The van der Waals surface area contributed by atoms with Crippen molar-refractivity contribution < 1.29 is 9.15 Å². The lowest BCUT2D eigenvalue weighted by atomic mass is 10.0. The molecule has 0 amide bonds. The highest BCUT2D eigenvalue weighted by atomic mass is 16.5. The maximum atomic E-state index is 5.40. The van der Waals surface area contributed by atoms with Gasteiger partial charge < -0.3 is 9.15 Å². The van der Waals surface area contributed by atoms with Gasteiger partial charge in [0.15, 0.2) is 0 Å². The molecule has 0 aliphatic rings. The van der Waals surface area contributed by atoms with Crippen LogP contribution in [0.5, 0.6) is 5.75 Å². The fourth-order valence-electron chi connectivity index (χ4n) is 2.01. The van der Waals surface area contributed by atoms with E-state index in [1.165, 1.54) is 0 Å². The molecular weight excluding hydrogens is 214 g/mol. The quantitative estimate of drug-likeness (QED) is 0.669. The highest BCUT2D eigenvalue weighted by Gasteiger charge is 2.11. The Kier molecular flexibility index (Phi) is 2.29. The van der Waals surface area contributed by atoms with Crippen LogP contribution in [0.25, 0.3) is 22.2 Å². The molecule has 0 fully saturated rings. The number of aromatic nitrogens is 1. The van der Waals surface area contributed by atoms with Gasteiger partial charge in [-0.05, 0) is 17.5 Å². The number of hydrogen-bond acceptors (Lipinski definition) is 3. The summed E-state index contributed by atoms with van der Waals surface area (Å²) in [5.41, 5.74) is 0.949. The Morgan fingerprint density at radius 2 is 1.94 bits per heavy atom. The number of nitrogens with zero attached hydrogens (tertiary/aromatic N) is 1. The third kappa shape index (κ3) is 1.56. The number of oxazole rings is 1. The van der Waals surface area contributed by atoms with Crippen LogP contribution in [-0.2, 0) is 0 Å². The van der Waals surface area contributed by atoms with Gasteiger partial charge in [0.2, 0.25) is 5.89 Å². The molecule has 2 aromatic carbocycles. The lowest BCUT2D eigenvalue weighted by Gasteiger charge is -2.08. The van der Waals surface area contributed by atoms with E-state index in [2.05, 4.69) is 4.98 Å². The summed E-state index contributed by atoms with van der Waals surface area (Å²) in [5.74, 6) is 1.44. The smallest absolute Gasteiger partial charge is 0.226 e. The molecule has 1 heterocycles. The van der Waals surface area contributed by atoms with E-state index in [1.54, 1.807) is 19.6 Å². The van der Waals surface area contributed by atoms with E-state index in [0.717, 1.165) is 22.1 Å². The van der Waals surface area contributed by atoms with Gasteiger partial charge in [0.1, 0.15) is 12.0 Å². The van der Waals surface area contributed by atoms with Crippen molar-refractivity contribution in [2.24, 2.45) is 0 Å². The Morgan fingerprint density at radius 1 is 1.12 bits per heavy atom. The van der Waals surface area contributed by atoms with Gasteiger partial charge in [-0.25, -0.2) is 4.98 Å². The summed E-state index contributed by atoms with van der Waals surface area (Å²) in [6.45, 7) is 0. The summed E-state index contributed by atoms with van der Waals surface area (Å²) in [6, 6.07) is 12.0. The third-order valence-corrected chi connectivity index (χ3v) is 2.75. The monoisotopic (exact) mass is 225 g/mol. The van der Waals surface area contributed by atoms with Gasteiger partial charge in [-0.3, -0.25) is 0 Å². The molecule has 0 aliphatic heterocycles. The molecule has 0 bridgehead atoms. The first-order chi connectivity index (χ1) is 8.40. The van der Waals surface area contributed by atoms with Gasteiger partial charge >= 0.3 is 0 Å². The maximum Gasteiger partial charge on any atom is 0.226 e. The molecule has 0 radical (unpaired) electrons. The lowest BCUT2D eigenvalue weighted by Crippen LogP contribution is -1.87. The van der Waals surface area contributed by atoms with E-state index in [1.807, 2.05) is 36.4 Å². The zero-order valence-corrected chi connectivity index (χ0v) is 9.38. The van der Waals surface area contributed by atoms with E-state index >= 15 is 0 Å². The first-order valence-corrected chi connectivity index (χ1v) is 5.36. The lowest BCUT2D eigenvalue weighted by molar-refractivity contribution is 0.420. The predicted molar refractivity (Wildman–Crippen MR) is 66.0 cm³/mol. The Labute approximate surface area is 98.7 Å². The average Bonchev–Trinajstić information content (AvgIpc) is 2.91. The summed E-state index contributed by atoms with van der Waals surface area (Å²) < 4.78 is 10.8. The molecule has 0 N–H and O–H groups in total. The van der Waals surface area contributed by atoms with Gasteiger partial charge in [-0.1, -0.05) is 24.3 Å². The second-order valence-electron chi connectivity index (χ2n) is 3.70. The van der Waals surface area contributed by atoms with Crippen LogP contribution in [0.15, 0.2) is 53.3 Å². The van der Waals surface area contributed by atoms with Crippen molar-refractivity contribution >= 4 is 10.8 Å².